The van der Waals surface area contributed by atoms with Gasteiger partial charge in [-0.25, -0.2) is 15.0 Å². The maximum absolute atomic E-state index is 5.25. The number of hydrogen-bond donors (Lipinski definition) is 0. The Labute approximate surface area is 300 Å². The first-order chi connectivity index (χ1) is 25.3. The summed E-state index contributed by atoms with van der Waals surface area (Å²) in [7, 11) is 0. The van der Waals surface area contributed by atoms with Gasteiger partial charge in [-0.2, -0.15) is 0 Å². The Morgan fingerprint density at radius 2 is 0.902 bits per heavy atom. The molecule has 4 nitrogen and oxygen atoms in total. The summed E-state index contributed by atoms with van der Waals surface area (Å²) in [6.45, 7) is 0. The van der Waals surface area contributed by atoms with Gasteiger partial charge in [-0.1, -0.05) is 115 Å². The fraction of sp³-hybridized carbons (Fsp3) is 0. The average molecular weight is 687 g/mol. The van der Waals surface area contributed by atoms with Crippen LogP contribution in [0.15, 0.2) is 158 Å². The van der Waals surface area contributed by atoms with Crippen LogP contribution in [-0.4, -0.2) is 19.5 Å². The lowest BCUT2D eigenvalue weighted by Gasteiger charge is -2.13. The SMILES string of the molecule is c1ccc(-c2nc(-c3ccccc3)nc(-c3cc(-n4c5ccccc5c5ccccc54)cc4c3sc3ccc5sc6ccccc6c5c34)n2)cc1. The quantitative estimate of drug-likeness (QED) is 0.185. The van der Waals surface area contributed by atoms with Crippen LogP contribution >= 0.6 is 22.7 Å². The monoisotopic (exact) mass is 686 g/mol. The molecule has 51 heavy (non-hydrogen) atoms. The standard InChI is InChI=1S/C45H26N4S2/c1-3-13-27(14-4-1)43-46-44(28-15-5-2-6-16-28)48-45(47-43)34-26-29(49-35-20-10-7-17-30(35)31-18-8-11-21-36(31)49)25-33-41-39(51-42(33)34)24-23-38-40(41)32-19-9-12-22-37(32)50-38/h1-26H. The van der Waals surface area contributed by atoms with Gasteiger partial charge in [0.25, 0.3) is 0 Å². The summed E-state index contributed by atoms with van der Waals surface area (Å²) in [5, 5.41) is 7.57. The molecule has 0 spiro atoms. The van der Waals surface area contributed by atoms with E-state index < -0.39 is 0 Å². The van der Waals surface area contributed by atoms with Crippen LogP contribution in [-0.2, 0) is 0 Å². The minimum absolute atomic E-state index is 0.655. The Balaban J connectivity index is 1.30. The predicted octanol–water partition coefficient (Wildman–Crippen LogP) is 12.7. The molecule has 0 aliphatic rings. The van der Waals surface area contributed by atoms with Crippen molar-refractivity contribution in [3.05, 3.63) is 158 Å². The minimum Gasteiger partial charge on any atom is -0.309 e. The molecule has 0 aliphatic heterocycles. The van der Waals surface area contributed by atoms with Crippen LogP contribution in [0.25, 0.3) is 102 Å². The molecule has 11 aromatic rings. The second-order valence-corrected chi connectivity index (χ2v) is 14.9. The lowest BCUT2D eigenvalue weighted by Crippen LogP contribution is -2.01. The van der Waals surface area contributed by atoms with Gasteiger partial charge in [0.05, 0.1) is 11.0 Å². The van der Waals surface area contributed by atoms with Gasteiger partial charge >= 0.3 is 0 Å². The van der Waals surface area contributed by atoms with Crippen molar-refractivity contribution in [1.29, 1.82) is 0 Å². The Kier molecular flexibility index (Phi) is 6.26. The van der Waals surface area contributed by atoms with Crippen LogP contribution in [0.4, 0.5) is 0 Å². The summed E-state index contributed by atoms with van der Waals surface area (Å²) in [4.78, 5) is 15.5. The molecule has 0 bridgehead atoms. The third kappa shape index (κ3) is 4.40. The number of para-hydroxylation sites is 2. The summed E-state index contributed by atoms with van der Waals surface area (Å²) >= 11 is 3.68. The van der Waals surface area contributed by atoms with E-state index in [-0.39, 0.29) is 0 Å². The van der Waals surface area contributed by atoms with Crippen molar-refractivity contribution in [3.8, 4) is 39.9 Å². The van der Waals surface area contributed by atoms with Crippen molar-refractivity contribution in [2.24, 2.45) is 0 Å². The molecule has 7 aromatic carbocycles. The van der Waals surface area contributed by atoms with Crippen LogP contribution in [0.2, 0.25) is 0 Å². The fourth-order valence-electron chi connectivity index (χ4n) is 7.59. The average Bonchev–Trinajstić information content (AvgIpc) is 3.87. The number of thiophene rings is 2. The van der Waals surface area contributed by atoms with Crippen molar-refractivity contribution in [2.45, 2.75) is 0 Å². The van der Waals surface area contributed by atoms with Gasteiger partial charge in [0.2, 0.25) is 0 Å². The van der Waals surface area contributed by atoms with Crippen LogP contribution in [0, 0.1) is 0 Å². The van der Waals surface area contributed by atoms with Crippen LogP contribution in [0.3, 0.4) is 0 Å². The molecule has 0 radical (unpaired) electrons. The van der Waals surface area contributed by atoms with Gasteiger partial charge in [0, 0.05) is 73.5 Å². The summed E-state index contributed by atoms with van der Waals surface area (Å²) in [6.07, 6.45) is 0. The Morgan fingerprint density at radius 1 is 0.392 bits per heavy atom. The van der Waals surface area contributed by atoms with Crippen LogP contribution in [0.5, 0.6) is 0 Å². The summed E-state index contributed by atoms with van der Waals surface area (Å²) in [5.41, 5.74) is 6.32. The number of benzene rings is 7. The molecule has 6 heteroatoms. The number of hydrogen-bond acceptors (Lipinski definition) is 5. The van der Waals surface area contributed by atoms with Gasteiger partial charge in [0.1, 0.15) is 0 Å². The lowest BCUT2D eigenvalue weighted by molar-refractivity contribution is 1.07. The number of aromatic nitrogens is 4. The normalized spacial score (nSPS) is 11.9. The zero-order chi connectivity index (χ0) is 33.5. The van der Waals surface area contributed by atoms with Crippen molar-refractivity contribution >= 4 is 84.8 Å². The Morgan fingerprint density at radius 3 is 1.55 bits per heavy atom. The van der Waals surface area contributed by atoms with Gasteiger partial charge in [-0.15, -0.1) is 22.7 Å². The van der Waals surface area contributed by atoms with Crippen LogP contribution in [0.1, 0.15) is 0 Å². The number of fused-ring (bicyclic) bond motifs is 10. The molecule has 0 amide bonds. The van der Waals surface area contributed by atoms with E-state index in [1.807, 2.05) is 59.1 Å². The summed E-state index contributed by atoms with van der Waals surface area (Å²) < 4.78 is 7.42. The van der Waals surface area contributed by atoms with E-state index in [4.69, 9.17) is 15.0 Å². The molecule has 0 unspecified atom stereocenters. The van der Waals surface area contributed by atoms with Crippen molar-refractivity contribution < 1.29 is 0 Å². The maximum Gasteiger partial charge on any atom is 0.165 e. The third-order valence-corrected chi connectivity index (χ3v) is 12.2. The highest BCUT2D eigenvalue weighted by Crippen LogP contribution is 2.48. The molecule has 4 aromatic heterocycles. The van der Waals surface area contributed by atoms with Gasteiger partial charge in [-0.3, -0.25) is 0 Å². The van der Waals surface area contributed by atoms with E-state index in [9.17, 15) is 0 Å². The van der Waals surface area contributed by atoms with Gasteiger partial charge in [-0.05, 0) is 42.5 Å². The highest BCUT2D eigenvalue weighted by Gasteiger charge is 2.22. The third-order valence-electron chi connectivity index (χ3n) is 9.84. The van der Waals surface area contributed by atoms with E-state index in [0.717, 1.165) is 22.4 Å². The fourth-order valence-corrected chi connectivity index (χ4v) is 9.91. The zero-order valence-corrected chi connectivity index (χ0v) is 28.7. The van der Waals surface area contributed by atoms with E-state index in [1.54, 1.807) is 0 Å². The molecule has 0 aliphatic carbocycles. The highest BCUT2D eigenvalue weighted by atomic mass is 32.1. The van der Waals surface area contributed by atoms with E-state index in [1.165, 1.54) is 62.2 Å². The lowest BCUT2D eigenvalue weighted by atomic mass is 10.0. The minimum atomic E-state index is 0.655. The molecular formula is C45H26N4S2. The molecule has 0 saturated carbocycles. The summed E-state index contributed by atoms with van der Waals surface area (Å²) in [6, 6.07) is 55.9. The molecule has 0 N–H and O–H groups in total. The maximum atomic E-state index is 5.25. The molecule has 0 saturated heterocycles. The number of nitrogens with zero attached hydrogens (tertiary/aromatic N) is 4. The molecule has 0 fully saturated rings. The van der Waals surface area contributed by atoms with Gasteiger partial charge in [0.15, 0.2) is 17.5 Å². The first-order valence-electron chi connectivity index (χ1n) is 16.9. The Bertz CT molecular complexity index is 3030. The molecule has 4 heterocycles. The largest absolute Gasteiger partial charge is 0.309 e. The van der Waals surface area contributed by atoms with Crippen LogP contribution < -0.4 is 0 Å². The van der Waals surface area contributed by atoms with Crippen molar-refractivity contribution in [1.82, 2.24) is 19.5 Å². The smallest absolute Gasteiger partial charge is 0.165 e. The first kappa shape index (κ1) is 28.6. The van der Waals surface area contributed by atoms with Crippen molar-refractivity contribution in [2.75, 3.05) is 0 Å². The Hall–Kier alpha value is -6.21. The second-order valence-electron chi connectivity index (χ2n) is 12.8. The second kappa shape index (κ2) is 11.2. The molecular weight excluding hydrogens is 661 g/mol. The topological polar surface area (TPSA) is 43.6 Å². The molecule has 11 rings (SSSR count). The zero-order valence-electron chi connectivity index (χ0n) is 27.1. The first-order valence-corrected chi connectivity index (χ1v) is 18.6. The van der Waals surface area contributed by atoms with Gasteiger partial charge < -0.3 is 4.57 Å². The molecule has 238 valence electrons. The molecule has 0 atom stereocenters. The van der Waals surface area contributed by atoms with E-state index in [0.29, 0.717) is 17.5 Å². The predicted molar refractivity (Wildman–Crippen MR) is 216 cm³/mol. The van der Waals surface area contributed by atoms with E-state index >= 15 is 0 Å². The van der Waals surface area contributed by atoms with E-state index in [2.05, 4.69) is 126 Å². The highest BCUT2D eigenvalue weighted by molar-refractivity contribution is 7.28. The van der Waals surface area contributed by atoms with Crippen molar-refractivity contribution in [3.63, 3.8) is 0 Å². The summed E-state index contributed by atoms with van der Waals surface area (Å²) in [5.74, 6) is 1.97. The number of rotatable bonds is 4.